The first-order chi connectivity index (χ1) is 8.53. The number of nitrogens with zero attached hydrogens (tertiary/aromatic N) is 1. The fraction of sp³-hybridized carbons (Fsp3) is 0.500. The summed E-state index contributed by atoms with van der Waals surface area (Å²) < 4.78 is 23.9. The molecule has 6 heteroatoms. The molecule has 0 saturated carbocycles. The standard InChI is InChI=1S/C12H17BrN2O2S/c13-11-4-2-1-3-10(11)12(9-14)15-5-7-18(16,17)8-6-15/h1-4,12H,5-9,14H2. The maximum atomic E-state index is 11.4. The first-order valence-electron chi connectivity index (χ1n) is 5.92. The Morgan fingerprint density at radius 3 is 2.44 bits per heavy atom. The largest absolute Gasteiger partial charge is 0.329 e. The van der Waals surface area contributed by atoms with Crippen LogP contribution in [0, 0.1) is 0 Å². The van der Waals surface area contributed by atoms with Crippen LogP contribution in [-0.4, -0.2) is 44.5 Å². The molecule has 0 spiro atoms. The lowest BCUT2D eigenvalue weighted by atomic mass is 10.1. The molecule has 1 unspecified atom stereocenters. The molecule has 1 aliphatic heterocycles. The molecule has 4 nitrogen and oxygen atoms in total. The highest BCUT2D eigenvalue weighted by Crippen LogP contribution is 2.28. The summed E-state index contributed by atoms with van der Waals surface area (Å²) in [6.45, 7) is 1.61. The van der Waals surface area contributed by atoms with Crippen molar-refractivity contribution in [1.29, 1.82) is 0 Å². The van der Waals surface area contributed by atoms with Gasteiger partial charge in [-0.3, -0.25) is 4.90 Å². The maximum absolute atomic E-state index is 11.4. The second kappa shape index (κ2) is 5.69. The molecule has 1 aromatic rings. The van der Waals surface area contributed by atoms with Gasteiger partial charge in [0.05, 0.1) is 11.5 Å². The molecule has 18 heavy (non-hydrogen) atoms. The van der Waals surface area contributed by atoms with Crippen molar-refractivity contribution >= 4 is 25.8 Å². The van der Waals surface area contributed by atoms with Gasteiger partial charge in [-0.1, -0.05) is 34.1 Å². The molecule has 2 rings (SSSR count). The normalized spacial score (nSPS) is 21.7. The fourth-order valence-electron chi connectivity index (χ4n) is 2.26. The van der Waals surface area contributed by atoms with E-state index in [1.54, 1.807) is 0 Å². The van der Waals surface area contributed by atoms with E-state index >= 15 is 0 Å². The van der Waals surface area contributed by atoms with Crippen molar-refractivity contribution in [3.63, 3.8) is 0 Å². The summed E-state index contributed by atoms with van der Waals surface area (Å²) in [6, 6.07) is 8.03. The van der Waals surface area contributed by atoms with Crippen molar-refractivity contribution in [2.24, 2.45) is 5.73 Å². The molecule has 100 valence electrons. The number of benzene rings is 1. The molecule has 1 saturated heterocycles. The lowest BCUT2D eigenvalue weighted by Gasteiger charge is -2.34. The lowest BCUT2D eigenvalue weighted by molar-refractivity contribution is 0.218. The summed E-state index contributed by atoms with van der Waals surface area (Å²) in [5.41, 5.74) is 6.98. The van der Waals surface area contributed by atoms with Gasteiger partial charge in [0.2, 0.25) is 0 Å². The van der Waals surface area contributed by atoms with Crippen LogP contribution in [0.2, 0.25) is 0 Å². The van der Waals surface area contributed by atoms with Crippen molar-refractivity contribution in [1.82, 2.24) is 4.90 Å². The lowest BCUT2D eigenvalue weighted by Crippen LogP contribution is -2.44. The average Bonchev–Trinajstić information content (AvgIpc) is 2.34. The molecule has 1 aliphatic rings. The summed E-state index contributed by atoms with van der Waals surface area (Å²) in [7, 11) is -2.84. The Hall–Kier alpha value is -0.430. The maximum Gasteiger partial charge on any atom is 0.152 e. The molecule has 1 aromatic carbocycles. The van der Waals surface area contributed by atoms with E-state index in [0.29, 0.717) is 19.6 Å². The minimum absolute atomic E-state index is 0.0797. The molecule has 2 N–H and O–H groups in total. The number of halogens is 1. The number of nitrogens with two attached hydrogens (primary N) is 1. The predicted octanol–water partition coefficient (Wildman–Crippen LogP) is 1.18. The number of hydrogen-bond acceptors (Lipinski definition) is 4. The van der Waals surface area contributed by atoms with Gasteiger partial charge in [-0.2, -0.15) is 0 Å². The van der Waals surface area contributed by atoms with Crippen molar-refractivity contribution in [2.45, 2.75) is 6.04 Å². The highest BCUT2D eigenvalue weighted by Gasteiger charge is 2.27. The van der Waals surface area contributed by atoms with Crippen LogP contribution in [0.4, 0.5) is 0 Å². The molecule has 0 radical (unpaired) electrons. The van der Waals surface area contributed by atoms with Crippen molar-refractivity contribution < 1.29 is 8.42 Å². The van der Waals surface area contributed by atoms with E-state index in [1.165, 1.54) is 0 Å². The molecule has 0 aliphatic carbocycles. The van der Waals surface area contributed by atoms with E-state index in [4.69, 9.17) is 5.73 Å². The third-order valence-electron chi connectivity index (χ3n) is 3.31. The molecule has 1 atom stereocenters. The first-order valence-corrected chi connectivity index (χ1v) is 8.54. The van der Waals surface area contributed by atoms with E-state index in [0.717, 1.165) is 10.0 Å². The van der Waals surface area contributed by atoms with Crippen LogP contribution < -0.4 is 5.73 Å². The van der Waals surface area contributed by atoms with Crippen LogP contribution in [0.5, 0.6) is 0 Å². The van der Waals surface area contributed by atoms with Crippen LogP contribution in [0.1, 0.15) is 11.6 Å². The van der Waals surface area contributed by atoms with Crippen molar-refractivity contribution in [3.8, 4) is 0 Å². The summed E-state index contributed by atoms with van der Waals surface area (Å²) in [4.78, 5) is 2.15. The van der Waals surface area contributed by atoms with Gasteiger partial charge in [-0.15, -0.1) is 0 Å². The first kappa shape index (κ1) is 14.0. The number of rotatable bonds is 3. The molecule has 0 amide bonds. The van der Waals surface area contributed by atoms with Crippen LogP contribution in [0.3, 0.4) is 0 Å². The smallest absolute Gasteiger partial charge is 0.152 e. The second-order valence-electron chi connectivity index (χ2n) is 4.46. The van der Waals surface area contributed by atoms with Crippen LogP contribution in [0.25, 0.3) is 0 Å². The van der Waals surface area contributed by atoms with Gasteiger partial charge in [0.25, 0.3) is 0 Å². The summed E-state index contributed by atoms with van der Waals surface area (Å²) in [6.07, 6.45) is 0. The van der Waals surface area contributed by atoms with E-state index in [2.05, 4.69) is 20.8 Å². The molecule has 1 heterocycles. The van der Waals surface area contributed by atoms with Crippen LogP contribution in [-0.2, 0) is 9.84 Å². The third kappa shape index (κ3) is 3.12. The van der Waals surface area contributed by atoms with Gasteiger partial charge in [-0.25, -0.2) is 8.42 Å². The Bertz CT molecular complexity index is 505. The zero-order valence-corrected chi connectivity index (χ0v) is 12.5. The van der Waals surface area contributed by atoms with Crippen LogP contribution >= 0.6 is 15.9 Å². The SMILES string of the molecule is NCC(c1ccccc1Br)N1CCS(=O)(=O)CC1. The molecular weight excluding hydrogens is 316 g/mol. The zero-order valence-electron chi connectivity index (χ0n) is 10.0. The molecule has 1 fully saturated rings. The zero-order chi connectivity index (χ0) is 13.2. The molecule has 0 bridgehead atoms. The monoisotopic (exact) mass is 332 g/mol. The van der Waals surface area contributed by atoms with E-state index in [9.17, 15) is 8.42 Å². The summed E-state index contributed by atoms with van der Waals surface area (Å²) in [5, 5.41) is 0. The Morgan fingerprint density at radius 2 is 1.89 bits per heavy atom. The van der Waals surface area contributed by atoms with E-state index in [1.807, 2.05) is 24.3 Å². The second-order valence-corrected chi connectivity index (χ2v) is 7.62. The highest BCUT2D eigenvalue weighted by molar-refractivity contribution is 9.10. The minimum Gasteiger partial charge on any atom is -0.329 e. The van der Waals surface area contributed by atoms with Gasteiger partial charge < -0.3 is 5.73 Å². The average molecular weight is 333 g/mol. The Labute approximate surface area is 116 Å². The van der Waals surface area contributed by atoms with Crippen molar-refractivity contribution in [2.75, 3.05) is 31.1 Å². The number of sulfone groups is 1. The Balaban J connectivity index is 2.18. The highest BCUT2D eigenvalue weighted by atomic mass is 79.9. The van der Waals surface area contributed by atoms with Gasteiger partial charge in [0.15, 0.2) is 9.84 Å². The Kier molecular flexibility index (Phi) is 4.42. The predicted molar refractivity (Wildman–Crippen MR) is 76.2 cm³/mol. The van der Waals surface area contributed by atoms with E-state index in [-0.39, 0.29) is 17.5 Å². The van der Waals surface area contributed by atoms with Gasteiger partial charge in [-0.05, 0) is 11.6 Å². The Morgan fingerprint density at radius 1 is 1.28 bits per heavy atom. The third-order valence-corrected chi connectivity index (χ3v) is 5.64. The molecule has 0 aromatic heterocycles. The quantitative estimate of drug-likeness (QED) is 0.902. The molecular formula is C12H17BrN2O2S. The summed E-state index contributed by atoms with van der Waals surface area (Å²) >= 11 is 3.53. The van der Waals surface area contributed by atoms with Crippen molar-refractivity contribution in [3.05, 3.63) is 34.3 Å². The van der Waals surface area contributed by atoms with E-state index < -0.39 is 9.84 Å². The number of hydrogen-bond donors (Lipinski definition) is 1. The van der Waals surface area contributed by atoms with Gasteiger partial charge in [0.1, 0.15) is 0 Å². The summed E-state index contributed by atoms with van der Waals surface area (Å²) in [5.74, 6) is 0.460. The fourth-order valence-corrected chi connectivity index (χ4v) is 4.03. The minimum atomic E-state index is -2.84. The van der Waals surface area contributed by atoms with Gasteiger partial charge >= 0.3 is 0 Å². The van der Waals surface area contributed by atoms with Crippen LogP contribution in [0.15, 0.2) is 28.7 Å². The van der Waals surface area contributed by atoms with Gasteiger partial charge in [0, 0.05) is 30.1 Å². The topological polar surface area (TPSA) is 63.4 Å².